The van der Waals surface area contributed by atoms with E-state index in [1.165, 1.54) is 6.07 Å². The second kappa shape index (κ2) is 6.53. The maximum Gasteiger partial charge on any atom is 0.317 e. The fourth-order valence-corrected chi connectivity index (χ4v) is 2.61. The number of nitro groups is 1. The number of aryl methyl sites for hydroxylation is 1. The Morgan fingerprint density at radius 3 is 2.76 bits per heavy atom. The number of aliphatic carboxylic acids is 1. The Kier molecular flexibility index (Phi) is 4.74. The zero-order chi connectivity index (χ0) is 15.4. The molecular weight excluding hydrogens is 274 g/mol. The van der Waals surface area contributed by atoms with E-state index in [-0.39, 0.29) is 12.2 Å². The first-order chi connectivity index (χ1) is 9.97. The molecule has 1 aromatic carbocycles. The van der Waals surface area contributed by atoms with Gasteiger partial charge in [0.25, 0.3) is 5.69 Å². The van der Waals surface area contributed by atoms with Gasteiger partial charge in [-0.15, -0.1) is 0 Å². The van der Waals surface area contributed by atoms with Crippen molar-refractivity contribution in [2.75, 3.05) is 37.6 Å². The van der Waals surface area contributed by atoms with Crippen LogP contribution in [0.2, 0.25) is 0 Å². The van der Waals surface area contributed by atoms with Crippen molar-refractivity contribution in [1.29, 1.82) is 0 Å². The van der Waals surface area contributed by atoms with Crippen LogP contribution in [-0.4, -0.2) is 53.6 Å². The Labute approximate surface area is 122 Å². The van der Waals surface area contributed by atoms with Gasteiger partial charge in [0, 0.05) is 44.0 Å². The average Bonchev–Trinajstić information content (AvgIpc) is 2.64. The molecule has 0 radical (unpaired) electrons. The molecule has 1 saturated heterocycles. The van der Waals surface area contributed by atoms with Crippen molar-refractivity contribution >= 4 is 17.3 Å². The quantitative estimate of drug-likeness (QED) is 0.668. The highest BCUT2D eigenvalue weighted by atomic mass is 16.6. The van der Waals surface area contributed by atoms with Crippen LogP contribution >= 0.6 is 0 Å². The van der Waals surface area contributed by atoms with Crippen LogP contribution in [0.25, 0.3) is 0 Å². The van der Waals surface area contributed by atoms with E-state index in [0.717, 1.165) is 30.8 Å². The normalized spacial score (nSPS) is 16.5. The molecule has 7 heteroatoms. The monoisotopic (exact) mass is 293 g/mol. The summed E-state index contributed by atoms with van der Waals surface area (Å²) in [6, 6.07) is 4.86. The van der Waals surface area contributed by atoms with Gasteiger partial charge in [0.1, 0.15) is 0 Å². The van der Waals surface area contributed by atoms with E-state index < -0.39 is 10.9 Å². The van der Waals surface area contributed by atoms with Crippen molar-refractivity contribution in [2.45, 2.75) is 13.3 Å². The number of hydrogen-bond acceptors (Lipinski definition) is 5. The lowest BCUT2D eigenvalue weighted by atomic mass is 10.1. The number of rotatable bonds is 4. The maximum atomic E-state index is 10.9. The molecule has 0 aromatic heterocycles. The predicted octanol–water partition coefficient (Wildman–Crippen LogP) is 1.50. The fourth-order valence-electron chi connectivity index (χ4n) is 2.61. The lowest BCUT2D eigenvalue weighted by Crippen LogP contribution is -2.34. The van der Waals surface area contributed by atoms with Crippen LogP contribution in [0.5, 0.6) is 0 Å². The van der Waals surface area contributed by atoms with E-state index in [0.29, 0.717) is 13.1 Å². The Bertz CT molecular complexity index is 547. The van der Waals surface area contributed by atoms with Gasteiger partial charge >= 0.3 is 5.97 Å². The van der Waals surface area contributed by atoms with E-state index in [1.807, 2.05) is 11.8 Å². The summed E-state index contributed by atoms with van der Waals surface area (Å²) in [5.41, 5.74) is 1.94. The van der Waals surface area contributed by atoms with Gasteiger partial charge in [0.05, 0.1) is 11.5 Å². The first-order valence-corrected chi connectivity index (χ1v) is 6.91. The predicted molar refractivity (Wildman–Crippen MR) is 78.7 cm³/mol. The van der Waals surface area contributed by atoms with Crippen molar-refractivity contribution in [2.24, 2.45) is 0 Å². The Morgan fingerprint density at radius 1 is 1.33 bits per heavy atom. The molecule has 1 aliphatic heterocycles. The van der Waals surface area contributed by atoms with E-state index in [4.69, 9.17) is 5.11 Å². The van der Waals surface area contributed by atoms with E-state index >= 15 is 0 Å². The largest absolute Gasteiger partial charge is 0.480 e. The number of hydrogen-bond donors (Lipinski definition) is 1. The standard InChI is InChI=1S/C14H19N3O4/c1-11-3-4-12(17(20)21)9-13(11)16-6-2-5-15(7-8-16)10-14(18)19/h3-4,9H,2,5-8,10H2,1H3,(H,18,19). The minimum Gasteiger partial charge on any atom is -0.480 e. The topological polar surface area (TPSA) is 86.9 Å². The van der Waals surface area contributed by atoms with Crippen molar-refractivity contribution in [3.8, 4) is 0 Å². The summed E-state index contributed by atoms with van der Waals surface area (Å²) in [6.45, 7) is 4.80. The molecule has 0 saturated carbocycles. The molecule has 1 fully saturated rings. The number of nitrogens with zero attached hydrogens (tertiary/aromatic N) is 3. The molecule has 1 heterocycles. The minimum atomic E-state index is -0.824. The molecule has 21 heavy (non-hydrogen) atoms. The van der Waals surface area contributed by atoms with Crippen molar-refractivity contribution in [1.82, 2.24) is 4.90 Å². The lowest BCUT2D eigenvalue weighted by molar-refractivity contribution is -0.384. The number of non-ortho nitro benzene ring substituents is 1. The molecule has 0 atom stereocenters. The SMILES string of the molecule is Cc1ccc([N+](=O)[O-])cc1N1CCCN(CC(=O)O)CC1. The highest BCUT2D eigenvalue weighted by Crippen LogP contribution is 2.26. The molecule has 1 aliphatic rings. The molecule has 0 aliphatic carbocycles. The van der Waals surface area contributed by atoms with Gasteiger partial charge in [-0.25, -0.2) is 0 Å². The highest BCUT2D eigenvalue weighted by molar-refractivity contribution is 5.69. The molecule has 2 rings (SSSR count). The molecule has 114 valence electrons. The third kappa shape index (κ3) is 3.91. The van der Waals surface area contributed by atoms with E-state index in [2.05, 4.69) is 4.90 Å². The second-order valence-electron chi connectivity index (χ2n) is 5.24. The van der Waals surface area contributed by atoms with Gasteiger partial charge in [0.2, 0.25) is 0 Å². The first kappa shape index (κ1) is 15.2. The van der Waals surface area contributed by atoms with Gasteiger partial charge in [-0.3, -0.25) is 19.8 Å². The second-order valence-corrected chi connectivity index (χ2v) is 5.24. The minimum absolute atomic E-state index is 0.0434. The summed E-state index contributed by atoms with van der Waals surface area (Å²) >= 11 is 0. The Balaban J connectivity index is 2.13. The summed E-state index contributed by atoms with van der Waals surface area (Å²) < 4.78 is 0. The molecule has 7 nitrogen and oxygen atoms in total. The van der Waals surface area contributed by atoms with Crippen molar-refractivity contribution in [3.05, 3.63) is 33.9 Å². The Hall–Kier alpha value is -2.15. The first-order valence-electron chi connectivity index (χ1n) is 6.91. The van der Waals surface area contributed by atoms with Crippen LogP contribution in [0, 0.1) is 17.0 Å². The summed E-state index contributed by atoms with van der Waals surface area (Å²) in [5, 5.41) is 19.8. The van der Waals surface area contributed by atoms with Gasteiger partial charge in [-0.05, 0) is 18.9 Å². The van der Waals surface area contributed by atoms with Crippen LogP contribution in [0.15, 0.2) is 18.2 Å². The fraction of sp³-hybridized carbons (Fsp3) is 0.500. The third-order valence-corrected chi connectivity index (χ3v) is 3.69. The Morgan fingerprint density at radius 2 is 2.10 bits per heavy atom. The molecule has 0 bridgehead atoms. The average molecular weight is 293 g/mol. The smallest absolute Gasteiger partial charge is 0.317 e. The van der Waals surface area contributed by atoms with Gasteiger partial charge < -0.3 is 10.0 Å². The van der Waals surface area contributed by atoms with E-state index in [9.17, 15) is 14.9 Å². The van der Waals surface area contributed by atoms with Gasteiger partial charge in [-0.1, -0.05) is 6.07 Å². The summed E-state index contributed by atoms with van der Waals surface area (Å²) in [7, 11) is 0. The zero-order valence-electron chi connectivity index (χ0n) is 12.0. The molecular formula is C14H19N3O4. The third-order valence-electron chi connectivity index (χ3n) is 3.69. The number of anilines is 1. The molecule has 1 N–H and O–H groups in total. The van der Waals surface area contributed by atoms with Crippen LogP contribution in [0.4, 0.5) is 11.4 Å². The van der Waals surface area contributed by atoms with Crippen LogP contribution in [-0.2, 0) is 4.79 Å². The number of benzene rings is 1. The molecule has 0 amide bonds. The molecule has 0 spiro atoms. The number of carbonyl (C=O) groups is 1. The summed E-state index contributed by atoms with van der Waals surface area (Å²) in [6.07, 6.45) is 0.843. The molecule has 1 aromatic rings. The van der Waals surface area contributed by atoms with Crippen molar-refractivity contribution < 1.29 is 14.8 Å². The van der Waals surface area contributed by atoms with Crippen molar-refractivity contribution in [3.63, 3.8) is 0 Å². The van der Waals surface area contributed by atoms with Crippen LogP contribution < -0.4 is 4.90 Å². The molecule has 0 unspecified atom stereocenters. The highest BCUT2D eigenvalue weighted by Gasteiger charge is 2.19. The zero-order valence-corrected chi connectivity index (χ0v) is 12.0. The van der Waals surface area contributed by atoms with Crippen LogP contribution in [0.3, 0.4) is 0 Å². The maximum absolute atomic E-state index is 10.9. The number of nitro benzene ring substituents is 1. The lowest BCUT2D eigenvalue weighted by Gasteiger charge is -2.24. The summed E-state index contributed by atoms with van der Waals surface area (Å²) in [5.74, 6) is -0.824. The van der Waals surface area contributed by atoms with Crippen LogP contribution in [0.1, 0.15) is 12.0 Å². The number of carboxylic acids is 1. The summed E-state index contributed by atoms with van der Waals surface area (Å²) in [4.78, 5) is 25.3. The van der Waals surface area contributed by atoms with E-state index in [1.54, 1.807) is 12.1 Å². The van der Waals surface area contributed by atoms with Gasteiger partial charge in [-0.2, -0.15) is 0 Å². The van der Waals surface area contributed by atoms with Gasteiger partial charge in [0.15, 0.2) is 0 Å². The number of carboxylic acid groups (broad SMARTS) is 1.